The minimum absolute atomic E-state index is 0.290. The number of hydrogen-bond donors (Lipinski definition) is 1. The fourth-order valence-corrected chi connectivity index (χ4v) is 4.30. The van der Waals surface area contributed by atoms with E-state index in [1.165, 1.54) is 30.5 Å². The Morgan fingerprint density at radius 3 is 2.35 bits per heavy atom. The van der Waals surface area contributed by atoms with Gasteiger partial charge in [0.05, 0.1) is 12.2 Å². The third kappa shape index (κ3) is 6.63. The van der Waals surface area contributed by atoms with Crippen LogP contribution in [-0.2, 0) is 6.18 Å². The lowest BCUT2D eigenvalue weighted by Gasteiger charge is -2.39. The Bertz CT molecular complexity index is 790. The van der Waals surface area contributed by atoms with E-state index in [4.69, 9.17) is 4.74 Å². The third-order valence-corrected chi connectivity index (χ3v) is 6.01. The van der Waals surface area contributed by atoms with Crippen LogP contribution in [0.5, 0.6) is 5.75 Å². The minimum Gasteiger partial charge on any atom is -0.493 e. The van der Waals surface area contributed by atoms with Crippen LogP contribution in [0.4, 0.5) is 18.9 Å². The number of likely N-dealkylation sites (tertiary alicyclic amines) is 1. The van der Waals surface area contributed by atoms with Gasteiger partial charge in [-0.15, -0.1) is 0 Å². The van der Waals surface area contributed by atoms with Crippen LogP contribution in [0.1, 0.15) is 50.2 Å². The van der Waals surface area contributed by atoms with Gasteiger partial charge in [-0.05, 0) is 80.7 Å². The summed E-state index contributed by atoms with van der Waals surface area (Å²) in [5.74, 6) is 1.15. The molecule has 2 atom stereocenters. The molecule has 2 unspecified atom stereocenters. The molecule has 0 aliphatic carbocycles. The van der Waals surface area contributed by atoms with E-state index in [1.807, 2.05) is 0 Å². The van der Waals surface area contributed by atoms with E-state index < -0.39 is 11.7 Å². The van der Waals surface area contributed by atoms with Crippen LogP contribution in [0.2, 0.25) is 0 Å². The smallest absolute Gasteiger partial charge is 0.416 e. The first-order valence-corrected chi connectivity index (χ1v) is 11.3. The van der Waals surface area contributed by atoms with Crippen LogP contribution in [-0.4, -0.2) is 37.7 Å². The number of rotatable bonds is 9. The summed E-state index contributed by atoms with van der Waals surface area (Å²) in [4.78, 5) is 2.49. The summed E-state index contributed by atoms with van der Waals surface area (Å²) in [6.45, 7) is 8.75. The largest absolute Gasteiger partial charge is 0.493 e. The van der Waals surface area contributed by atoms with Crippen molar-refractivity contribution in [2.75, 3.05) is 38.1 Å². The molecule has 1 fully saturated rings. The van der Waals surface area contributed by atoms with E-state index in [2.05, 4.69) is 48.3 Å². The average Bonchev–Trinajstić information content (AvgIpc) is 2.77. The van der Waals surface area contributed by atoms with Gasteiger partial charge in [0.15, 0.2) is 0 Å². The molecule has 170 valence electrons. The molecule has 0 bridgehead atoms. The summed E-state index contributed by atoms with van der Waals surface area (Å²) in [5, 5.41) is 3.33. The predicted molar refractivity (Wildman–Crippen MR) is 120 cm³/mol. The van der Waals surface area contributed by atoms with Crippen molar-refractivity contribution in [3.8, 4) is 5.75 Å². The van der Waals surface area contributed by atoms with Crippen LogP contribution in [0.3, 0.4) is 0 Å². The summed E-state index contributed by atoms with van der Waals surface area (Å²) in [6, 6.07) is 13.6. The van der Waals surface area contributed by atoms with E-state index in [9.17, 15) is 13.2 Å². The maximum absolute atomic E-state index is 12.8. The highest BCUT2D eigenvalue weighted by Crippen LogP contribution is 2.35. The molecule has 1 saturated heterocycles. The Morgan fingerprint density at radius 1 is 1.03 bits per heavy atom. The van der Waals surface area contributed by atoms with Gasteiger partial charge in [-0.2, -0.15) is 13.2 Å². The average molecular weight is 435 g/mol. The van der Waals surface area contributed by atoms with Gasteiger partial charge in [-0.3, -0.25) is 0 Å². The molecule has 0 spiro atoms. The number of halogens is 3. The highest BCUT2D eigenvalue weighted by Gasteiger charge is 2.32. The van der Waals surface area contributed by atoms with Crippen molar-refractivity contribution in [2.24, 2.45) is 5.92 Å². The summed E-state index contributed by atoms with van der Waals surface area (Å²) in [5.41, 5.74) is 1.77. The molecule has 1 aliphatic heterocycles. The number of ether oxygens (including phenoxy) is 1. The lowest BCUT2D eigenvalue weighted by molar-refractivity contribution is -0.137. The SMILES string of the molecule is CCCCN1CCC(c2ccc(NCC)cc2)C(COc2ccc(C(F)(F)F)cc2)C1. The monoisotopic (exact) mass is 434 g/mol. The molecule has 3 rings (SSSR count). The molecule has 31 heavy (non-hydrogen) atoms. The molecule has 0 radical (unpaired) electrons. The van der Waals surface area contributed by atoms with Gasteiger partial charge in [-0.1, -0.05) is 25.5 Å². The van der Waals surface area contributed by atoms with Gasteiger partial charge >= 0.3 is 6.18 Å². The number of hydrogen-bond acceptors (Lipinski definition) is 3. The van der Waals surface area contributed by atoms with Crippen LogP contribution in [0, 0.1) is 5.92 Å². The Hall–Kier alpha value is -2.21. The molecule has 0 saturated carbocycles. The molecule has 2 aromatic carbocycles. The van der Waals surface area contributed by atoms with Gasteiger partial charge in [0.1, 0.15) is 5.75 Å². The zero-order valence-electron chi connectivity index (χ0n) is 18.4. The Balaban J connectivity index is 1.69. The number of unbranched alkanes of at least 4 members (excludes halogenated alkanes) is 1. The van der Waals surface area contributed by atoms with Crippen molar-refractivity contribution < 1.29 is 17.9 Å². The van der Waals surface area contributed by atoms with E-state index in [0.29, 0.717) is 18.3 Å². The second-order valence-electron chi connectivity index (χ2n) is 8.29. The molecule has 6 heteroatoms. The van der Waals surface area contributed by atoms with Gasteiger partial charge in [0.2, 0.25) is 0 Å². The molecular formula is C25H33F3N2O. The van der Waals surface area contributed by atoms with Crippen molar-refractivity contribution in [2.45, 2.75) is 45.2 Å². The van der Waals surface area contributed by atoms with Gasteiger partial charge < -0.3 is 15.0 Å². The topological polar surface area (TPSA) is 24.5 Å². The Kier molecular flexibility index (Phi) is 8.24. The number of piperidine rings is 1. The molecule has 1 N–H and O–H groups in total. The lowest BCUT2D eigenvalue weighted by Crippen LogP contribution is -2.42. The zero-order valence-corrected chi connectivity index (χ0v) is 18.4. The summed E-state index contributed by atoms with van der Waals surface area (Å²) < 4.78 is 44.4. The number of alkyl halides is 3. The lowest BCUT2D eigenvalue weighted by atomic mass is 9.80. The third-order valence-electron chi connectivity index (χ3n) is 6.01. The van der Waals surface area contributed by atoms with E-state index >= 15 is 0 Å². The second kappa shape index (κ2) is 10.9. The quantitative estimate of drug-likeness (QED) is 0.493. The van der Waals surface area contributed by atoms with Crippen molar-refractivity contribution in [1.82, 2.24) is 4.90 Å². The fourth-order valence-electron chi connectivity index (χ4n) is 4.30. The summed E-state index contributed by atoms with van der Waals surface area (Å²) in [7, 11) is 0. The maximum Gasteiger partial charge on any atom is 0.416 e. The van der Waals surface area contributed by atoms with Gasteiger partial charge in [0.25, 0.3) is 0 Å². The van der Waals surface area contributed by atoms with Crippen molar-refractivity contribution in [1.29, 1.82) is 0 Å². The molecule has 3 nitrogen and oxygen atoms in total. The molecule has 2 aromatic rings. The predicted octanol–water partition coefficient (Wildman–Crippen LogP) is 6.42. The van der Waals surface area contributed by atoms with Gasteiger partial charge in [0, 0.05) is 24.7 Å². The second-order valence-corrected chi connectivity index (χ2v) is 8.29. The molecule has 0 aromatic heterocycles. The maximum atomic E-state index is 12.8. The molecule has 1 aliphatic rings. The Labute approximate surface area is 183 Å². The summed E-state index contributed by atoms with van der Waals surface area (Å²) >= 11 is 0. The zero-order chi connectivity index (χ0) is 22.3. The number of nitrogens with one attached hydrogen (secondary N) is 1. The standard InChI is InChI=1S/C25H33F3N2O/c1-3-5-15-30-16-14-24(19-6-10-22(11-7-19)29-4-2)20(17-30)18-31-23-12-8-21(9-13-23)25(26,27)28/h6-13,20,24,29H,3-5,14-18H2,1-2H3. The summed E-state index contributed by atoms with van der Waals surface area (Å²) in [6.07, 6.45) is -0.927. The molecule has 0 amide bonds. The number of nitrogens with zero attached hydrogens (tertiary/aromatic N) is 1. The van der Waals surface area contributed by atoms with Crippen LogP contribution < -0.4 is 10.1 Å². The number of anilines is 1. The van der Waals surface area contributed by atoms with Crippen LogP contribution in [0.15, 0.2) is 48.5 Å². The van der Waals surface area contributed by atoms with Crippen LogP contribution >= 0.6 is 0 Å². The van der Waals surface area contributed by atoms with E-state index in [0.717, 1.165) is 50.4 Å². The highest BCUT2D eigenvalue weighted by atomic mass is 19.4. The highest BCUT2D eigenvalue weighted by molar-refractivity contribution is 5.45. The van der Waals surface area contributed by atoms with E-state index in [-0.39, 0.29) is 5.92 Å². The first-order valence-electron chi connectivity index (χ1n) is 11.3. The first-order chi connectivity index (χ1) is 14.9. The number of benzene rings is 2. The molecule has 1 heterocycles. The van der Waals surface area contributed by atoms with Gasteiger partial charge in [-0.25, -0.2) is 0 Å². The van der Waals surface area contributed by atoms with Crippen molar-refractivity contribution in [3.63, 3.8) is 0 Å². The van der Waals surface area contributed by atoms with Crippen molar-refractivity contribution in [3.05, 3.63) is 59.7 Å². The normalized spacial score (nSPS) is 19.9. The van der Waals surface area contributed by atoms with Crippen LogP contribution in [0.25, 0.3) is 0 Å². The fraction of sp³-hybridized carbons (Fsp3) is 0.520. The molecular weight excluding hydrogens is 401 g/mol. The van der Waals surface area contributed by atoms with Crippen molar-refractivity contribution >= 4 is 5.69 Å². The first kappa shape index (κ1) is 23.5. The minimum atomic E-state index is -4.33. The van der Waals surface area contributed by atoms with E-state index in [1.54, 1.807) is 0 Å². The Morgan fingerprint density at radius 2 is 1.74 bits per heavy atom.